The number of nitrogens with zero attached hydrogens (tertiary/aromatic N) is 3. The van der Waals surface area contributed by atoms with E-state index in [1.807, 2.05) is 25.1 Å². The number of aryl methyl sites for hydroxylation is 1. The maximum Gasteiger partial charge on any atom is 0.181 e. The molecule has 6 heteroatoms. The number of methoxy groups -OCH3 is 1. The summed E-state index contributed by atoms with van der Waals surface area (Å²) in [5, 5.41) is 20.4. The summed E-state index contributed by atoms with van der Waals surface area (Å²) in [6.45, 7) is 2.56. The summed E-state index contributed by atoms with van der Waals surface area (Å²) >= 11 is 0. The van der Waals surface area contributed by atoms with E-state index < -0.39 is 0 Å². The second-order valence-corrected chi connectivity index (χ2v) is 4.94. The summed E-state index contributed by atoms with van der Waals surface area (Å²) in [5.41, 5.74) is 4.13. The van der Waals surface area contributed by atoms with Gasteiger partial charge in [0.1, 0.15) is 11.8 Å². The van der Waals surface area contributed by atoms with Crippen molar-refractivity contribution in [2.45, 2.75) is 13.5 Å². The smallest absolute Gasteiger partial charge is 0.181 e. The van der Waals surface area contributed by atoms with Gasteiger partial charge >= 0.3 is 0 Å². The van der Waals surface area contributed by atoms with Crippen LogP contribution in [0.25, 0.3) is 11.0 Å². The lowest BCUT2D eigenvalue weighted by atomic mass is 10.1. The molecule has 0 saturated carbocycles. The maximum atomic E-state index is 9.11. The van der Waals surface area contributed by atoms with Gasteiger partial charge in [0, 0.05) is 17.6 Å². The van der Waals surface area contributed by atoms with Crippen molar-refractivity contribution in [1.82, 2.24) is 15.2 Å². The number of pyridine rings is 1. The van der Waals surface area contributed by atoms with Crippen LogP contribution >= 0.6 is 0 Å². The minimum absolute atomic E-state index is 0.529. The number of H-pyrrole nitrogens is 1. The highest BCUT2D eigenvalue weighted by Crippen LogP contribution is 2.21. The lowest BCUT2D eigenvalue weighted by Gasteiger charge is -2.08. The molecule has 0 atom stereocenters. The third-order valence-corrected chi connectivity index (χ3v) is 3.48. The van der Waals surface area contributed by atoms with Crippen LogP contribution in [0.3, 0.4) is 0 Å². The molecule has 3 aromatic rings. The fraction of sp³-hybridized carbons (Fsp3) is 0.188. The number of rotatable bonds is 4. The number of benzene rings is 1. The molecule has 0 amide bonds. The van der Waals surface area contributed by atoms with E-state index >= 15 is 0 Å². The molecule has 2 aromatic heterocycles. The van der Waals surface area contributed by atoms with Gasteiger partial charge in [-0.25, -0.2) is 4.98 Å². The van der Waals surface area contributed by atoms with Crippen LogP contribution in [0.2, 0.25) is 0 Å². The Kier molecular flexibility index (Phi) is 3.62. The monoisotopic (exact) mass is 293 g/mol. The molecule has 22 heavy (non-hydrogen) atoms. The zero-order valence-corrected chi connectivity index (χ0v) is 12.3. The highest BCUT2D eigenvalue weighted by molar-refractivity contribution is 5.80. The van der Waals surface area contributed by atoms with E-state index in [-0.39, 0.29) is 0 Å². The van der Waals surface area contributed by atoms with Crippen molar-refractivity contribution < 1.29 is 4.74 Å². The van der Waals surface area contributed by atoms with Crippen molar-refractivity contribution >= 4 is 16.7 Å². The van der Waals surface area contributed by atoms with Crippen LogP contribution in [0.1, 0.15) is 16.8 Å². The molecule has 0 radical (unpaired) electrons. The Hall–Kier alpha value is -3.07. The van der Waals surface area contributed by atoms with E-state index in [1.54, 1.807) is 19.4 Å². The number of aromatic amines is 1. The van der Waals surface area contributed by atoms with Gasteiger partial charge in [-0.05, 0) is 30.7 Å². The SMILES string of the molecule is COc1ccc(CNc2cnc3n[nH]c(C)c3c2)cc1C#N. The molecule has 3 rings (SSSR count). The molecule has 2 heterocycles. The minimum Gasteiger partial charge on any atom is -0.495 e. The normalized spacial score (nSPS) is 10.4. The molecule has 0 spiro atoms. The molecule has 0 aliphatic heterocycles. The highest BCUT2D eigenvalue weighted by Gasteiger charge is 2.06. The number of ether oxygens (including phenoxy) is 1. The number of nitriles is 1. The van der Waals surface area contributed by atoms with E-state index in [9.17, 15) is 0 Å². The van der Waals surface area contributed by atoms with Crippen molar-refractivity contribution in [2.24, 2.45) is 0 Å². The van der Waals surface area contributed by atoms with Crippen LogP contribution in [0, 0.1) is 18.3 Å². The third kappa shape index (κ3) is 2.56. The quantitative estimate of drug-likeness (QED) is 0.772. The largest absolute Gasteiger partial charge is 0.495 e. The van der Waals surface area contributed by atoms with Crippen LogP contribution in [0.15, 0.2) is 30.5 Å². The summed E-state index contributed by atoms with van der Waals surface area (Å²) in [5.74, 6) is 0.586. The number of nitrogens with one attached hydrogen (secondary N) is 2. The van der Waals surface area contributed by atoms with Crippen molar-refractivity contribution in [1.29, 1.82) is 5.26 Å². The Morgan fingerprint density at radius 3 is 3.00 bits per heavy atom. The van der Waals surface area contributed by atoms with Crippen molar-refractivity contribution in [2.75, 3.05) is 12.4 Å². The third-order valence-electron chi connectivity index (χ3n) is 3.48. The first-order valence-electron chi connectivity index (χ1n) is 6.83. The molecule has 110 valence electrons. The lowest BCUT2D eigenvalue weighted by Crippen LogP contribution is -2.01. The number of aromatic nitrogens is 3. The van der Waals surface area contributed by atoms with E-state index in [4.69, 9.17) is 10.00 Å². The van der Waals surface area contributed by atoms with Gasteiger partial charge in [0.2, 0.25) is 0 Å². The average molecular weight is 293 g/mol. The molecule has 0 unspecified atom stereocenters. The maximum absolute atomic E-state index is 9.11. The molecule has 2 N–H and O–H groups in total. The molecular formula is C16H15N5O. The van der Waals surface area contributed by atoms with Gasteiger partial charge in [-0.15, -0.1) is 0 Å². The number of hydrogen-bond acceptors (Lipinski definition) is 5. The molecule has 1 aromatic carbocycles. The molecule has 0 saturated heterocycles. The fourth-order valence-electron chi connectivity index (χ4n) is 2.27. The summed E-state index contributed by atoms with van der Waals surface area (Å²) in [4.78, 5) is 4.30. The fourth-order valence-corrected chi connectivity index (χ4v) is 2.27. The Balaban J connectivity index is 1.79. The summed E-state index contributed by atoms with van der Waals surface area (Å²) in [7, 11) is 1.56. The summed E-state index contributed by atoms with van der Waals surface area (Å²) < 4.78 is 5.14. The predicted octanol–water partition coefficient (Wildman–Crippen LogP) is 2.76. The second kappa shape index (κ2) is 5.74. The van der Waals surface area contributed by atoms with Crippen molar-refractivity contribution in [3.05, 3.63) is 47.3 Å². The number of fused-ring (bicyclic) bond motifs is 1. The first kappa shape index (κ1) is 13.9. The van der Waals surface area contributed by atoms with E-state index in [2.05, 4.69) is 26.6 Å². The predicted molar refractivity (Wildman–Crippen MR) is 83.7 cm³/mol. The zero-order valence-electron chi connectivity index (χ0n) is 12.3. The van der Waals surface area contributed by atoms with E-state index in [1.165, 1.54) is 0 Å². The number of hydrogen-bond donors (Lipinski definition) is 2. The standard InChI is InChI=1S/C16H15N5O/c1-10-14-6-13(9-19-16(14)21-20-10)18-8-11-3-4-15(22-2)12(5-11)7-17/h3-6,9,18H,8H2,1-2H3,(H,19,20,21). The zero-order chi connectivity index (χ0) is 15.5. The molecular weight excluding hydrogens is 278 g/mol. The van der Waals surface area contributed by atoms with Crippen molar-refractivity contribution in [3.8, 4) is 11.8 Å². The van der Waals surface area contributed by atoms with Gasteiger partial charge in [0.25, 0.3) is 0 Å². The first-order chi connectivity index (χ1) is 10.7. The molecule has 0 fully saturated rings. The lowest BCUT2D eigenvalue weighted by molar-refractivity contribution is 0.413. The Morgan fingerprint density at radius 1 is 1.36 bits per heavy atom. The van der Waals surface area contributed by atoms with Crippen LogP contribution in [0.5, 0.6) is 5.75 Å². The van der Waals surface area contributed by atoms with E-state index in [0.717, 1.165) is 22.3 Å². The van der Waals surface area contributed by atoms with Crippen LogP contribution in [0.4, 0.5) is 5.69 Å². The summed E-state index contributed by atoms with van der Waals surface area (Å²) in [6.07, 6.45) is 1.75. The first-order valence-corrected chi connectivity index (χ1v) is 6.83. The van der Waals surface area contributed by atoms with Gasteiger partial charge < -0.3 is 10.1 Å². The van der Waals surface area contributed by atoms with E-state index in [0.29, 0.717) is 23.5 Å². The van der Waals surface area contributed by atoms with Gasteiger partial charge in [0.15, 0.2) is 5.65 Å². The Morgan fingerprint density at radius 2 is 2.23 bits per heavy atom. The number of anilines is 1. The molecule has 0 bridgehead atoms. The van der Waals surface area contributed by atoms with Gasteiger partial charge in [-0.1, -0.05) is 6.07 Å². The minimum atomic E-state index is 0.529. The Labute approximate surface area is 127 Å². The Bertz CT molecular complexity index is 863. The van der Waals surface area contributed by atoms with Crippen LogP contribution in [-0.2, 0) is 6.54 Å². The van der Waals surface area contributed by atoms with Gasteiger partial charge in [-0.3, -0.25) is 5.10 Å². The molecule has 0 aliphatic carbocycles. The van der Waals surface area contributed by atoms with Gasteiger partial charge in [0.05, 0.1) is 24.6 Å². The van der Waals surface area contributed by atoms with Crippen LogP contribution < -0.4 is 10.1 Å². The molecule has 6 nitrogen and oxygen atoms in total. The van der Waals surface area contributed by atoms with Crippen molar-refractivity contribution in [3.63, 3.8) is 0 Å². The van der Waals surface area contributed by atoms with Crippen LogP contribution in [-0.4, -0.2) is 22.3 Å². The second-order valence-electron chi connectivity index (χ2n) is 4.94. The average Bonchev–Trinajstić information content (AvgIpc) is 2.93. The summed E-state index contributed by atoms with van der Waals surface area (Å²) in [6, 6.07) is 9.70. The van der Waals surface area contributed by atoms with Gasteiger partial charge in [-0.2, -0.15) is 10.4 Å². The molecule has 0 aliphatic rings. The highest BCUT2D eigenvalue weighted by atomic mass is 16.5. The topological polar surface area (TPSA) is 86.6 Å².